The van der Waals surface area contributed by atoms with Crippen LogP contribution in [0, 0.1) is 0 Å². The number of aliphatic imine (C=N–C) groups is 1. The Bertz CT molecular complexity index is 672. The van der Waals surface area contributed by atoms with E-state index in [0.717, 1.165) is 57.3 Å². The summed E-state index contributed by atoms with van der Waals surface area (Å²) in [5.41, 5.74) is 3.51. The molecule has 6 nitrogen and oxygen atoms in total. The third-order valence-corrected chi connectivity index (χ3v) is 5.23. The number of carbonyl (C=O) groups excluding carboxylic acids is 1. The Morgan fingerprint density at radius 2 is 1.89 bits per heavy atom. The van der Waals surface area contributed by atoms with Crippen molar-refractivity contribution in [1.82, 2.24) is 15.5 Å². The minimum absolute atomic E-state index is 0. The van der Waals surface area contributed by atoms with E-state index in [2.05, 4.69) is 15.6 Å². The van der Waals surface area contributed by atoms with Gasteiger partial charge in [0, 0.05) is 25.2 Å². The topological polar surface area (TPSA) is 77.0 Å². The fraction of sp³-hybridized carbons (Fsp3) is 0.600. The Morgan fingerprint density at radius 3 is 2.63 bits per heavy atom. The molecule has 150 valence electrons. The summed E-state index contributed by atoms with van der Waals surface area (Å²) in [5.74, 6) is 1.05. The Kier molecular flexibility index (Phi) is 8.66. The van der Waals surface area contributed by atoms with Crippen LogP contribution in [0.5, 0.6) is 5.75 Å². The number of nitrogens with zero attached hydrogens (tertiary/aromatic N) is 2. The quantitative estimate of drug-likeness (QED) is 0.340. The number of halogens is 1. The third kappa shape index (κ3) is 5.73. The predicted molar refractivity (Wildman–Crippen MR) is 119 cm³/mol. The Balaban J connectivity index is 0.00000261. The molecule has 3 N–H and O–H groups in total. The molecule has 1 aliphatic heterocycles. The van der Waals surface area contributed by atoms with E-state index < -0.39 is 0 Å². The van der Waals surface area contributed by atoms with Crippen molar-refractivity contribution in [1.29, 1.82) is 0 Å². The maximum atomic E-state index is 12.2. The lowest BCUT2D eigenvalue weighted by Crippen LogP contribution is -2.44. The first-order valence-electron chi connectivity index (χ1n) is 9.81. The molecule has 1 saturated heterocycles. The number of phenols is 1. The normalized spacial score (nSPS) is 16.5. The number of guanidine groups is 1. The van der Waals surface area contributed by atoms with Crippen LogP contribution in [0.15, 0.2) is 17.1 Å². The minimum Gasteiger partial charge on any atom is -0.508 e. The zero-order valence-electron chi connectivity index (χ0n) is 16.1. The molecule has 0 saturated carbocycles. The Morgan fingerprint density at radius 1 is 1.15 bits per heavy atom. The summed E-state index contributed by atoms with van der Waals surface area (Å²) in [6, 6.07) is 3.82. The molecule has 1 aliphatic carbocycles. The molecule has 2 aliphatic rings. The lowest BCUT2D eigenvalue weighted by molar-refractivity contribution is -0.128. The van der Waals surface area contributed by atoms with Gasteiger partial charge in [-0.05, 0) is 62.6 Å². The van der Waals surface area contributed by atoms with Crippen molar-refractivity contribution >= 4 is 35.8 Å². The molecule has 27 heavy (non-hydrogen) atoms. The lowest BCUT2D eigenvalue weighted by atomic mass is 9.88. The molecule has 1 fully saturated rings. The molecule has 1 aromatic carbocycles. The maximum Gasteiger partial charge on any atom is 0.241 e. The van der Waals surface area contributed by atoms with Gasteiger partial charge in [0.25, 0.3) is 0 Å². The van der Waals surface area contributed by atoms with Crippen LogP contribution in [0.25, 0.3) is 0 Å². The highest BCUT2D eigenvalue weighted by molar-refractivity contribution is 14.0. The van der Waals surface area contributed by atoms with Crippen molar-refractivity contribution in [2.45, 2.75) is 52.0 Å². The molecule has 0 unspecified atom stereocenters. The molecule has 0 aromatic heterocycles. The molecule has 0 spiro atoms. The van der Waals surface area contributed by atoms with E-state index in [9.17, 15) is 9.90 Å². The van der Waals surface area contributed by atoms with Gasteiger partial charge in [-0.25, -0.2) is 4.99 Å². The number of likely N-dealkylation sites (tertiary alicyclic amines) is 1. The molecule has 1 amide bonds. The third-order valence-electron chi connectivity index (χ3n) is 5.23. The summed E-state index contributed by atoms with van der Waals surface area (Å²) in [6.07, 6.45) is 6.65. The lowest BCUT2D eigenvalue weighted by Gasteiger charge is -2.20. The molecule has 1 aromatic rings. The predicted octanol–water partition coefficient (Wildman–Crippen LogP) is 2.57. The molecule has 0 atom stereocenters. The Hall–Kier alpha value is -1.51. The van der Waals surface area contributed by atoms with Crippen molar-refractivity contribution in [3.63, 3.8) is 0 Å². The van der Waals surface area contributed by atoms with E-state index in [1.807, 2.05) is 17.9 Å². The molecule has 0 bridgehead atoms. The fourth-order valence-corrected chi connectivity index (χ4v) is 3.81. The fourth-order valence-electron chi connectivity index (χ4n) is 3.81. The van der Waals surface area contributed by atoms with Gasteiger partial charge in [0.2, 0.25) is 5.91 Å². The molecular formula is C20H31IN4O2. The number of aromatic hydroxyl groups is 1. The van der Waals surface area contributed by atoms with E-state index in [4.69, 9.17) is 0 Å². The van der Waals surface area contributed by atoms with Crippen molar-refractivity contribution in [3.8, 4) is 5.75 Å². The molecular weight excluding hydrogens is 455 g/mol. The van der Waals surface area contributed by atoms with E-state index in [1.54, 1.807) is 6.07 Å². The summed E-state index contributed by atoms with van der Waals surface area (Å²) >= 11 is 0. The van der Waals surface area contributed by atoms with Crippen LogP contribution in [-0.4, -0.2) is 48.1 Å². The summed E-state index contributed by atoms with van der Waals surface area (Å²) < 4.78 is 0. The highest BCUT2D eigenvalue weighted by Gasteiger charge is 2.18. The van der Waals surface area contributed by atoms with E-state index in [0.29, 0.717) is 18.3 Å². The van der Waals surface area contributed by atoms with Crippen LogP contribution < -0.4 is 10.6 Å². The Labute approximate surface area is 178 Å². The van der Waals surface area contributed by atoms with Crippen LogP contribution in [0.2, 0.25) is 0 Å². The number of fused-ring (bicyclic) bond motifs is 1. The molecule has 7 heteroatoms. The second-order valence-corrected chi connectivity index (χ2v) is 7.04. The van der Waals surface area contributed by atoms with Gasteiger partial charge in [-0.3, -0.25) is 4.79 Å². The second-order valence-electron chi connectivity index (χ2n) is 7.04. The molecule has 0 radical (unpaired) electrons. The van der Waals surface area contributed by atoms with Crippen molar-refractivity contribution < 1.29 is 9.90 Å². The SMILES string of the molecule is CCNC(=NCc1c(O)ccc2c1CCCC2)NCC(=O)N1CCCC1.I. The largest absolute Gasteiger partial charge is 0.508 e. The standard InChI is InChI=1S/C20H30N4O2.HI/c1-2-21-20(23-14-19(26)24-11-5-6-12-24)22-13-17-16-8-4-3-7-15(16)9-10-18(17)25;/h9-10,25H,2-8,11-14H2,1H3,(H2,21,22,23);1H. The van der Waals surface area contributed by atoms with Crippen molar-refractivity contribution in [2.75, 3.05) is 26.2 Å². The summed E-state index contributed by atoms with van der Waals surface area (Å²) in [6.45, 7) is 5.12. The zero-order valence-corrected chi connectivity index (χ0v) is 18.4. The average molecular weight is 486 g/mol. The van der Waals surface area contributed by atoms with Gasteiger partial charge in [-0.2, -0.15) is 0 Å². The van der Waals surface area contributed by atoms with Gasteiger partial charge < -0.3 is 20.6 Å². The van der Waals surface area contributed by atoms with E-state index >= 15 is 0 Å². The first kappa shape index (κ1) is 21.8. The molecule has 3 rings (SSSR count). The maximum absolute atomic E-state index is 12.2. The number of benzene rings is 1. The van der Waals surface area contributed by atoms with Crippen LogP contribution in [-0.2, 0) is 24.2 Å². The number of aryl methyl sites for hydroxylation is 1. The van der Waals surface area contributed by atoms with Crippen molar-refractivity contribution in [2.24, 2.45) is 4.99 Å². The van der Waals surface area contributed by atoms with Crippen LogP contribution in [0.1, 0.15) is 49.3 Å². The van der Waals surface area contributed by atoms with Crippen LogP contribution in [0.4, 0.5) is 0 Å². The first-order chi connectivity index (χ1) is 12.7. The van der Waals surface area contributed by atoms with E-state index in [1.165, 1.54) is 17.5 Å². The highest BCUT2D eigenvalue weighted by atomic mass is 127. The number of carbonyl (C=O) groups is 1. The first-order valence-corrected chi connectivity index (χ1v) is 9.81. The van der Waals surface area contributed by atoms with Crippen LogP contribution in [0.3, 0.4) is 0 Å². The van der Waals surface area contributed by atoms with E-state index in [-0.39, 0.29) is 36.4 Å². The van der Waals surface area contributed by atoms with Gasteiger partial charge in [0.05, 0.1) is 13.1 Å². The number of hydrogen-bond acceptors (Lipinski definition) is 3. The summed E-state index contributed by atoms with van der Waals surface area (Å²) in [7, 11) is 0. The second kappa shape index (κ2) is 10.7. The molecule has 1 heterocycles. The monoisotopic (exact) mass is 486 g/mol. The van der Waals surface area contributed by atoms with Gasteiger partial charge in [-0.1, -0.05) is 6.07 Å². The highest BCUT2D eigenvalue weighted by Crippen LogP contribution is 2.31. The van der Waals surface area contributed by atoms with Gasteiger partial charge in [-0.15, -0.1) is 24.0 Å². The van der Waals surface area contributed by atoms with Gasteiger partial charge in [0.15, 0.2) is 5.96 Å². The smallest absolute Gasteiger partial charge is 0.241 e. The average Bonchev–Trinajstić information content (AvgIpc) is 3.19. The summed E-state index contributed by atoms with van der Waals surface area (Å²) in [5, 5.41) is 16.6. The van der Waals surface area contributed by atoms with Gasteiger partial charge in [0.1, 0.15) is 5.75 Å². The number of phenolic OH excluding ortho intramolecular Hbond substituents is 1. The van der Waals surface area contributed by atoms with Crippen molar-refractivity contribution in [3.05, 3.63) is 28.8 Å². The number of nitrogens with one attached hydrogen (secondary N) is 2. The minimum atomic E-state index is 0. The van der Waals surface area contributed by atoms with Crippen LogP contribution >= 0.6 is 24.0 Å². The van der Waals surface area contributed by atoms with Gasteiger partial charge >= 0.3 is 0 Å². The zero-order chi connectivity index (χ0) is 18.4. The number of hydrogen-bond donors (Lipinski definition) is 3. The number of rotatable bonds is 5. The number of amides is 1. The summed E-state index contributed by atoms with van der Waals surface area (Å²) in [4.78, 5) is 18.7.